The van der Waals surface area contributed by atoms with E-state index in [0.29, 0.717) is 12.8 Å². The Morgan fingerprint density at radius 3 is 1.29 bits per heavy atom. The highest BCUT2D eigenvalue weighted by Crippen LogP contribution is 2.32. The quantitative estimate of drug-likeness (QED) is 0.0384. The molecule has 0 aromatic carbocycles. The van der Waals surface area contributed by atoms with Gasteiger partial charge in [0.2, 0.25) is 5.91 Å². The van der Waals surface area contributed by atoms with Crippen LogP contribution in [0.3, 0.4) is 0 Å². The van der Waals surface area contributed by atoms with Gasteiger partial charge in [0, 0.05) is 12.5 Å². The lowest BCUT2D eigenvalue weighted by Gasteiger charge is -2.40. The zero-order chi connectivity index (χ0) is 42.8. The third-order valence-electron chi connectivity index (χ3n) is 13.4. The first-order valence-electron chi connectivity index (χ1n) is 25.8. The number of ether oxygens (including phenoxy) is 2. The number of hydrogen-bond donors (Lipinski definition) is 5. The van der Waals surface area contributed by atoms with Gasteiger partial charge in [-0.3, -0.25) is 4.79 Å². The Bertz CT molecular complexity index is 954. The lowest BCUT2D eigenvalue weighted by Crippen LogP contribution is -2.59. The first-order valence-corrected chi connectivity index (χ1v) is 25.8. The van der Waals surface area contributed by atoms with E-state index in [9.17, 15) is 30.3 Å². The van der Waals surface area contributed by atoms with Crippen LogP contribution < -0.4 is 0 Å². The Hall–Kier alpha value is -0.810. The van der Waals surface area contributed by atoms with E-state index in [1.807, 2.05) is 4.90 Å². The summed E-state index contributed by atoms with van der Waals surface area (Å²) in [6.45, 7) is 3.94. The van der Waals surface area contributed by atoms with Crippen LogP contribution in [0, 0.1) is 0 Å². The maximum Gasteiger partial charge on any atom is 0.223 e. The maximum absolute atomic E-state index is 13.8. The minimum atomic E-state index is -1.54. The Balaban J connectivity index is 1.62. The lowest BCUT2D eigenvalue weighted by molar-refractivity contribution is -0.303. The van der Waals surface area contributed by atoms with Gasteiger partial charge in [-0.1, -0.05) is 226 Å². The van der Waals surface area contributed by atoms with Crippen molar-refractivity contribution in [1.82, 2.24) is 4.90 Å². The van der Waals surface area contributed by atoms with E-state index in [4.69, 9.17) is 9.47 Å². The first kappa shape index (κ1) is 54.3. The Kier molecular flexibility index (Phi) is 33.7. The molecule has 0 aromatic rings. The standard InChI is InChI=1S/C50H97NO8/c1-3-5-7-9-11-13-15-16-17-18-19-20-21-22-23-24-25-26-28-30-32-34-36-38-46(54)51-42(37-35-33-31-29-27-14-12-10-8-6-4-2)39-44(53)43(51)41-58-50-49(57)48(56)47(55)45(40-52)59-50/h42-45,47-50,52-53,55-57H,3-41H2,1-2H3/t42-,43-,44+,45+,47-,48-,49+,50-/m0/s1. The second-order valence-electron chi connectivity index (χ2n) is 18.7. The van der Waals surface area contributed by atoms with Gasteiger partial charge in [-0.2, -0.15) is 0 Å². The predicted octanol–water partition coefficient (Wildman–Crippen LogP) is 11.2. The van der Waals surface area contributed by atoms with Crippen molar-refractivity contribution in [3.8, 4) is 0 Å². The van der Waals surface area contributed by atoms with Crippen molar-refractivity contribution in [2.75, 3.05) is 13.2 Å². The van der Waals surface area contributed by atoms with Gasteiger partial charge in [0.25, 0.3) is 0 Å². The van der Waals surface area contributed by atoms with Gasteiger partial charge in [-0.25, -0.2) is 0 Å². The van der Waals surface area contributed by atoms with Crippen LogP contribution >= 0.6 is 0 Å². The molecule has 2 rings (SSSR count). The lowest BCUT2D eigenvalue weighted by atomic mass is 9.99. The number of rotatable bonds is 40. The average Bonchev–Trinajstić information content (AvgIpc) is 3.55. The molecule has 0 spiro atoms. The Morgan fingerprint density at radius 1 is 0.525 bits per heavy atom. The summed E-state index contributed by atoms with van der Waals surface area (Å²) in [5.41, 5.74) is 0. The highest BCUT2D eigenvalue weighted by molar-refractivity contribution is 5.77. The largest absolute Gasteiger partial charge is 0.394 e. The zero-order valence-electron chi connectivity index (χ0n) is 38.6. The van der Waals surface area contributed by atoms with Crippen molar-refractivity contribution in [1.29, 1.82) is 0 Å². The number of likely N-dealkylation sites (tertiary alicyclic amines) is 1. The molecule has 5 N–H and O–H groups in total. The van der Waals surface area contributed by atoms with Crippen molar-refractivity contribution >= 4 is 5.91 Å². The molecule has 2 aliphatic heterocycles. The van der Waals surface area contributed by atoms with Crippen molar-refractivity contribution < 1.29 is 39.8 Å². The maximum atomic E-state index is 13.8. The highest BCUT2D eigenvalue weighted by Gasteiger charge is 2.47. The molecule has 0 aromatic heterocycles. The predicted molar refractivity (Wildman–Crippen MR) is 242 cm³/mol. The van der Waals surface area contributed by atoms with E-state index in [1.165, 1.54) is 186 Å². The number of amides is 1. The third-order valence-corrected chi connectivity index (χ3v) is 13.4. The molecule has 2 aliphatic rings. The normalized spacial score (nSPS) is 24.7. The van der Waals surface area contributed by atoms with Crippen molar-refractivity contribution in [3.05, 3.63) is 0 Å². The van der Waals surface area contributed by atoms with Gasteiger partial charge in [-0.05, 0) is 19.3 Å². The molecule has 2 heterocycles. The number of unbranched alkanes of at least 4 members (excludes halogenated alkanes) is 32. The van der Waals surface area contributed by atoms with Crippen LogP contribution in [-0.4, -0.2) is 98.4 Å². The average molecular weight is 840 g/mol. The molecule has 2 saturated heterocycles. The summed E-state index contributed by atoms with van der Waals surface area (Å²) in [5, 5.41) is 51.7. The van der Waals surface area contributed by atoms with E-state index < -0.39 is 49.5 Å². The molecule has 8 atom stereocenters. The minimum Gasteiger partial charge on any atom is -0.394 e. The number of aliphatic hydroxyl groups excluding tert-OH is 5. The topological polar surface area (TPSA) is 140 Å². The summed E-state index contributed by atoms with van der Waals surface area (Å²) in [6.07, 6.45) is 38.7. The highest BCUT2D eigenvalue weighted by atomic mass is 16.7. The monoisotopic (exact) mass is 840 g/mol. The fraction of sp³-hybridized carbons (Fsp3) is 0.980. The third kappa shape index (κ3) is 24.6. The molecule has 1 amide bonds. The summed E-state index contributed by atoms with van der Waals surface area (Å²) in [7, 11) is 0. The summed E-state index contributed by atoms with van der Waals surface area (Å²) >= 11 is 0. The molecule has 9 heteroatoms. The summed E-state index contributed by atoms with van der Waals surface area (Å²) in [4.78, 5) is 15.7. The van der Waals surface area contributed by atoms with Gasteiger partial charge >= 0.3 is 0 Å². The number of hydrogen-bond acceptors (Lipinski definition) is 8. The Morgan fingerprint density at radius 2 is 0.898 bits per heavy atom. The first-order chi connectivity index (χ1) is 28.8. The van der Waals surface area contributed by atoms with E-state index in [-0.39, 0.29) is 18.6 Å². The van der Waals surface area contributed by atoms with Crippen LogP contribution in [0.1, 0.15) is 251 Å². The fourth-order valence-corrected chi connectivity index (χ4v) is 9.48. The van der Waals surface area contributed by atoms with E-state index >= 15 is 0 Å². The molecule has 59 heavy (non-hydrogen) atoms. The second-order valence-corrected chi connectivity index (χ2v) is 18.7. The minimum absolute atomic E-state index is 0.0422. The van der Waals surface area contributed by atoms with Gasteiger partial charge in [0.15, 0.2) is 6.29 Å². The number of nitrogens with zero attached hydrogens (tertiary/aromatic N) is 1. The van der Waals surface area contributed by atoms with Gasteiger partial charge in [-0.15, -0.1) is 0 Å². The van der Waals surface area contributed by atoms with Gasteiger partial charge in [0.05, 0.1) is 25.4 Å². The van der Waals surface area contributed by atoms with Crippen LogP contribution in [0.5, 0.6) is 0 Å². The van der Waals surface area contributed by atoms with Crippen LogP contribution in [0.25, 0.3) is 0 Å². The second kappa shape index (κ2) is 36.7. The Labute approximate surface area is 363 Å². The molecule has 0 aliphatic carbocycles. The van der Waals surface area contributed by atoms with Crippen molar-refractivity contribution in [3.63, 3.8) is 0 Å². The van der Waals surface area contributed by atoms with Crippen molar-refractivity contribution in [2.45, 2.75) is 300 Å². The molecule has 350 valence electrons. The van der Waals surface area contributed by atoms with Crippen LogP contribution in [0.2, 0.25) is 0 Å². The SMILES string of the molecule is CCCCCCCCCCCCCCCCCCCCCCCCCC(=O)N1[C@@H](CCCCCCCCCCCCC)C[C@@H](O)[C@@H]1CO[C@H]1O[C@H](CO)[C@H](O)[C@H](O)[C@H]1O. The summed E-state index contributed by atoms with van der Waals surface area (Å²) in [6, 6.07) is -0.652. The molecule has 0 saturated carbocycles. The molecule has 0 bridgehead atoms. The number of aliphatic hydroxyl groups is 5. The molecule has 9 nitrogen and oxygen atoms in total. The molecule has 0 radical (unpaired) electrons. The van der Waals surface area contributed by atoms with Crippen LogP contribution in [0.15, 0.2) is 0 Å². The molecule has 2 fully saturated rings. The van der Waals surface area contributed by atoms with Gasteiger partial charge in [0.1, 0.15) is 24.4 Å². The van der Waals surface area contributed by atoms with Crippen molar-refractivity contribution in [2.24, 2.45) is 0 Å². The van der Waals surface area contributed by atoms with E-state index in [2.05, 4.69) is 13.8 Å². The molecular formula is C50H97NO8. The molecule has 0 unspecified atom stereocenters. The number of carbonyl (C=O) groups excluding carboxylic acids is 1. The summed E-state index contributed by atoms with van der Waals surface area (Å²) < 4.78 is 11.4. The van der Waals surface area contributed by atoms with Crippen LogP contribution in [0.4, 0.5) is 0 Å². The fourth-order valence-electron chi connectivity index (χ4n) is 9.48. The number of carbonyl (C=O) groups is 1. The van der Waals surface area contributed by atoms with Gasteiger partial charge < -0.3 is 39.9 Å². The van der Waals surface area contributed by atoms with Crippen LogP contribution in [-0.2, 0) is 14.3 Å². The van der Waals surface area contributed by atoms with E-state index in [1.54, 1.807) is 0 Å². The zero-order valence-corrected chi connectivity index (χ0v) is 38.6. The summed E-state index contributed by atoms with van der Waals surface area (Å²) in [5.74, 6) is 0.0422. The smallest absolute Gasteiger partial charge is 0.223 e. The molecular weight excluding hydrogens is 743 g/mol. The van der Waals surface area contributed by atoms with E-state index in [0.717, 1.165) is 38.5 Å².